The molecule has 0 saturated carbocycles. The Kier molecular flexibility index (Phi) is 66.6. The van der Waals surface area contributed by atoms with Gasteiger partial charge in [-0.3, -0.25) is 14.4 Å². The van der Waals surface area contributed by atoms with Crippen LogP contribution in [0.4, 0.5) is 0 Å². The number of esters is 3. The lowest BCUT2D eigenvalue weighted by Gasteiger charge is -2.18. The number of ether oxygens (including phenoxy) is 3. The van der Waals surface area contributed by atoms with Crippen molar-refractivity contribution in [2.75, 3.05) is 13.2 Å². The first kappa shape index (κ1) is 77.4. The van der Waals surface area contributed by atoms with Crippen molar-refractivity contribution in [1.82, 2.24) is 0 Å². The van der Waals surface area contributed by atoms with Gasteiger partial charge in [0.2, 0.25) is 0 Å². The Morgan fingerprint density at radius 3 is 0.713 bits per heavy atom. The monoisotopic (exact) mass is 1120 g/mol. The van der Waals surface area contributed by atoms with Crippen molar-refractivity contribution < 1.29 is 28.6 Å². The molecule has 0 rings (SSSR count). The van der Waals surface area contributed by atoms with Crippen LogP contribution in [0.2, 0.25) is 0 Å². The maximum Gasteiger partial charge on any atom is 0.306 e. The third kappa shape index (κ3) is 66.2. The van der Waals surface area contributed by atoms with Crippen molar-refractivity contribution in [1.29, 1.82) is 0 Å². The second kappa shape index (κ2) is 68.9. The summed E-state index contributed by atoms with van der Waals surface area (Å²) >= 11 is 0. The van der Waals surface area contributed by atoms with Gasteiger partial charge in [0.15, 0.2) is 6.10 Å². The van der Waals surface area contributed by atoms with Crippen LogP contribution in [0.1, 0.15) is 387 Å². The molecule has 6 heteroatoms. The summed E-state index contributed by atoms with van der Waals surface area (Å²) in [7, 11) is 0. The highest BCUT2D eigenvalue weighted by molar-refractivity contribution is 5.71. The van der Waals surface area contributed by atoms with Crippen molar-refractivity contribution in [3.63, 3.8) is 0 Å². The fourth-order valence-electron chi connectivity index (χ4n) is 10.7. The Hall–Kier alpha value is -2.63. The molecule has 0 amide bonds. The van der Waals surface area contributed by atoms with Crippen molar-refractivity contribution in [2.24, 2.45) is 0 Å². The number of hydrogen-bond donors (Lipinski definition) is 0. The average molecular weight is 1120 g/mol. The summed E-state index contributed by atoms with van der Waals surface area (Å²) in [5.41, 5.74) is 0. The lowest BCUT2D eigenvalue weighted by molar-refractivity contribution is -0.167. The quantitative estimate of drug-likeness (QED) is 0.0261. The van der Waals surface area contributed by atoms with E-state index in [1.807, 2.05) is 0 Å². The molecule has 0 radical (unpaired) electrons. The van der Waals surface area contributed by atoms with E-state index in [4.69, 9.17) is 14.2 Å². The van der Waals surface area contributed by atoms with Crippen molar-refractivity contribution in [3.8, 4) is 0 Å². The highest BCUT2D eigenvalue weighted by Gasteiger charge is 2.19. The molecule has 0 aromatic carbocycles. The second-order valence-electron chi connectivity index (χ2n) is 24.1. The van der Waals surface area contributed by atoms with E-state index in [2.05, 4.69) is 69.4 Å². The average Bonchev–Trinajstić information content (AvgIpc) is 3.46. The first-order valence-corrected chi connectivity index (χ1v) is 35.6. The SMILES string of the molecule is CCCCCCC/C=C\C/C=C\C/C=C\CCCCCCCCC(=O)OC(COC(=O)CCCCCCCCCCCCCC)COC(=O)CCCCCCCCCCCCCCCCCCC/C=C\CCCCCCCCCC. The minimum Gasteiger partial charge on any atom is -0.462 e. The van der Waals surface area contributed by atoms with Crippen LogP contribution in [0.15, 0.2) is 48.6 Å². The summed E-state index contributed by atoms with van der Waals surface area (Å²) in [5, 5.41) is 0. The van der Waals surface area contributed by atoms with Crippen LogP contribution >= 0.6 is 0 Å². The molecule has 0 aliphatic carbocycles. The van der Waals surface area contributed by atoms with Gasteiger partial charge in [-0.1, -0.05) is 333 Å². The van der Waals surface area contributed by atoms with Crippen LogP contribution in [-0.4, -0.2) is 37.2 Å². The van der Waals surface area contributed by atoms with Gasteiger partial charge in [-0.25, -0.2) is 0 Å². The van der Waals surface area contributed by atoms with Crippen LogP contribution in [0.25, 0.3) is 0 Å². The first-order valence-electron chi connectivity index (χ1n) is 35.6. The van der Waals surface area contributed by atoms with E-state index in [1.54, 1.807) is 0 Å². The summed E-state index contributed by atoms with van der Waals surface area (Å²) in [4.78, 5) is 38.4. The molecule has 0 aromatic rings. The van der Waals surface area contributed by atoms with E-state index in [1.165, 1.54) is 270 Å². The molecular weight excluding hydrogens is 985 g/mol. The van der Waals surface area contributed by atoms with Gasteiger partial charge in [-0.05, 0) is 83.5 Å². The molecule has 1 unspecified atom stereocenters. The maximum absolute atomic E-state index is 12.9. The van der Waals surface area contributed by atoms with E-state index in [-0.39, 0.29) is 31.1 Å². The van der Waals surface area contributed by atoms with Crippen LogP contribution in [-0.2, 0) is 28.6 Å². The molecule has 0 saturated heterocycles. The zero-order valence-electron chi connectivity index (χ0n) is 53.9. The van der Waals surface area contributed by atoms with Crippen LogP contribution in [0, 0.1) is 0 Å². The number of allylic oxidation sites excluding steroid dienone is 8. The fraction of sp³-hybridized carbons (Fsp3) is 0.851. The van der Waals surface area contributed by atoms with Crippen molar-refractivity contribution >= 4 is 17.9 Å². The smallest absolute Gasteiger partial charge is 0.306 e. The molecule has 0 N–H and O–H groups in total. The zero-order chi connectivity index (χ0) is 57.8. The number of carbonyl (C=O) groups is 3. The fourth-order valence-corrected chi connectivity index (χ4v) is 10.7. The Morgan fingerprint density at radius 2 is 0.450 bits per heavy atom. The lowest BCUT2D eigenvalue weighted by Crippen LogP contribution is -2.30. The molecule has 0 heterocycles. The highest BCUT2D eigenvalue weighted by atomic mass is 16.6. The topological polar surface area (TPSA) is 78.9 Å². The minimum absolute atomic E-state index is 0.0738. The summed E-state index contributed by atoms with van der Waals surface area (Å²) in [6.45, 7) is 6.68. The van der Waals surface area contributed by atoms with E-state index in [9.17, 15) is 14.4 Å². The molecular formula is C74H136O6. The second-order valence-corrected chi connectivity index (χ2v) is 24.1. The highest BCUT2D eigenvalue weighted by Crippen LogP contribution is 2.18. The van der Waals surface area contributed by atoms with Gasteiger partial charge in [0, 0.05) is 19.3 Å². The van der Waals surface area contributed by atoms with Crippen LogP contribution < -0.4 is 0 Å². The Morgan fingerprint density at radius 1 is 0.250 bits per heavy atom. The summed E-state index contributed by atoms with van der Waals surface area (Å²) < 4.78 is 17.0. The van der Waals surface area contributed by atoms with Gasteiger partial charge < -0.3 is 14.2 Å². The predicted molar refractivity (Wildman–Crippen MR) is 349 cm³/mol. The van der Waals surface area contributed by atoms with E-state index in [0.717, 1.165) is 77.0 Å². The summed E-state index contributed by atoms with van der Waals surface area (Å²) in [6.07, 6.45) is 87.2. The minimum atomic E-state index is -0.778. The summed E-state index contributed by atoms with van der Waals surface area (Å²) in [5.74, 6) is -0.861. The van der Waals surface area contributed by atoms with E-state index < -0.39 is 6.10 Å². The van der Waals surface area contributed by atoms with Gasteiger partial charge in [0.05, 0.1) is 0 Å². The molecule has 1 atom stereocenters. The van der Waals surface area contributed by atoms with E-state index in [0.29, 0.717) is 19.3 Å². The number of rotatable bonds is 66. The molecule has 0 fully saturated rings. The molecule has 6 nitrogen and oxygen atoms in total. The molecule has 0 bridgehead atoms. The molecule has 80 heavy (non-hydrogen) atoms. The standard InChI is InChI=1S/C74H136O6/c1-4-7-10-13-16-19-22-25-27-29-31-33-34-35-36-37-38-39-40-42-43-45-47-49-52-55-58-61-64-67-73(76)79-70-71(69-78-72(75)66-63-60-57-54-51-24-21-18-15-12-9-6-3)80-74(77)68-65-62-59-56-53-50-48-46-44-41-32-30-28-26-23-20-17-14-11-8-5-2/h23,26,29-32,44,46,71H,4-22,24-25,27-28,33-43,45,47-70H2,1-3H3/b26-23-,31-29-,32-30-,46-44-. The number of unbranched alkanes of at least 4 members (excludes halogenated alkanes) is 47. The molecule has 0 aromatic heterocycles. The molecule has 0 aliphatic heterocycles. The van der Waals surface area contributed by atoms with Crippen LogP contribution in [0.5, 0.6) is 0 Å². The van der Waals surface area contributed by atoms with Crippen LogP contribution in [0.3, 0.4) is 0 Å². The van der Waals surface area contributed by atoms with Gasteiger partial charge in [-0.15, -0.1) is 0 Å². The Bertz CT molecular complexity index is 1380. The Balaban J connectivity index is 4.20. The Labute approximate surface area is 498 Å². The third-order valence-electron chi connectivity index (χ3n) is 16.1. The number of hydrogen-bond acceptors (Lipinski definition) is 6. The van der Waals surface area contributed by atoms with Crippen molar-refractivity contribution in [2.45, 2.75) is 393 Å². The predicted octanol–water partition coefficient (Wildman–Crippen LogP) is 24.5. The number of carbonyl (C=O) groups excluding carboxylic acids is 3. The maximum atomic E-state index is 12.9. The van der Waals surface area contributed by atoms with Crippen molar-refractivity contribution in [3.05, 3.63) is 48.6 Å². The molecule has 0 aliphatic rings. The summed E-state index contributed by atoms with van der Waals surface area (Å²) in [6, 6.07) is 0. The normalized spacial score (nSPS) is 12.3. The first-order chi connectivity index (χ1) is 39.5. The van der Waals surface area contributed by atoms with E-state index >= 15 is 0 Å². The van der Waals surface area contributed by atoms with Gasteiger partial charge in [0.25, 0.3) is 0 Å². The largest absolute Gasteiger partial charge is 0.462 e. The molecule has 468 valence electrons. The molecule has 0 spiro atoms. The van der Waals surface area contributed by atoms with Gasteiger partial charge in [0.1, 0.15) is 13.2 Å². The third-order valence-corrected chi connectivity index (χ3v) is 16.1. The lowest BCUT2D eigenvalue weighted by atomic mass is 10.0. The zero-order valence-corrected chi connectivity index (χ0v) is 53.9. The van der Waals surface area contributed by atoms with Gasteiger partial charge in [-0.2, -0.15) is 0 Å². The van der Waals surface area contributed by atoms with Gasteiger partial charge >= 0.3 is 17.9 Å².